The maximum Gasteiger partial charge on any atom is 0.231 e. The topological polar surface area (TPSA) is 81.0 Å². The second-order valence-electron chi connectivity index (χ2n) is 6.93. The summed E-state index contributed by atoms with van der Waals surface area (Å²) < 4.78 is 12.4. The third-order valence-electron chi connectivity index (χ3n) is 5.06. The van der Waals surface area contributed by atoms with Crippen LogP contribution in [0.5, 0.6) is 11.5 Å². The van der Waals surface area contributed by atoms with Gasteiger partial charge in [0.15, 0.2) is 5.65 Å². The number of aromatic nitrogens is 3. The van der Waals surface area contributed by atoms with E-state index in [1.807, 2.05) is 16.7 Å². The summed E-state index contributed by atoms with van der Waals surface area (Å²) in [5, 5.41) is 12.0. The number of hydrogen-bond acceptors (Lipinski definition) is 6. The van der Waals surface area contributed by atoms with E-state index in [0.29, 0.717) is 40.3 Å². The molecule has 1 atom stereocenters. The van der Waals surface area contributed by atoms with Gasteiger partial charge in [-0.15, -0.1) is 10.2 Å². The van der Waals surface area contributed by atoms with Crippen LogP contribution in [0.2, 0.25) is 5.02 Å². The van der Waals surface area contributed by atoms with Crippen molar-refractivity contribution in [2.45, 2.75) is 12.8 Å². The van der Waals surface area contributed by atoms with Gasteiger partial charge in [-0.05, 0) is 25.0 Å². The van der Waals surface area contributed by atoms with E-state index in [9.17, 15) is 4.79 Å². The second-order valence-corrected chi connectivity index (χ2v) is 7.33. The number of nitrogens with one attached hydrogen (secondary N) is 1. The standard InChI is InChI=1S/C20H22ClN5O3/c1-28-15-9-14(10-16(11-15)29-2)22-19(27)13-5-3-7-25(12-13)20-24-23-18-17(21)6-4-8-26(18)20/h4,6,8-11,13H,3,5,7,12H2,1-2H3,(H,22,27). The minimum absolute atomic E-state index is 0.0446. The smallest absolute Gasteiger partial charge is 0.231 e. The Labute approximate surface area is 173 Å². The van der Waals surface area contributed by atoms with E-state index in [4.69, 9.17) is 21.1 Å². The number of pyridine rings is 1. The lowest BCUT2D eigenvalue weighted by Gasteiger charge is -2.32. The Balaban J connectivity index is 1.51. The van der Waals surface area contributed by atoms with E-state index in [2.05, 4.69) is 20.4 Å². The molecule has 0 radical (unpaired) electrons. The molecular weight excluding hydrogens is 394 g/mol. The number of ether oxygens (including phenoxy) is 2. The van der Waals surface area contributed by atoms with Crippen molar-refractivity contribution in [1.82, 2.24) is 14.6 Å². The van der Waals surface area contributed by atoms with Crippen LogP contribution >= 0.6 is 11.6 Å². The van der Waals surface area contributed by atoms with Gasteiger partial charge in [0.2, 0.25) is 11.9 Å². The number of anilines is 2. The van der Waals surface area contributed by atoms with E-state index < -0.39 is 0 Å². The molecule has 3 heterocycles. The van der Waals surface area contributed by atoms with E-state index in [-0.39, 0.29) is 11.8 Å². The van der Waals surface area contributed by atoms with Crippen molar-refractivity contribution < 1.29 is 14.3 Å². The van der Waals surface area contributed by atoms with Gasteiger partial charge in [0, 0.05) is 43.2 Å². The Morgan fingerprint density at radius 2 is 1.97 bits per heavy atom. The normalized spacial score (nSPS) is 16.7. The Bertz CT molecular complexity index is 1020. The van der Waals surface area contributed by atoms with Crippen molar-refractivity contribution >= 4 is 34.8 Å². The largest absolute Gasteiger partial charge is 0.497 e. The molecule has 1 aliphatic heterocycles. The fourth-order valence-corrected chi connectivity index (χ4v) is 3.79. The highest BCUT2D eigenvalue weighted by Crippen LogP contribution is 2.28. The van der Waals surface area contributed by atoms with Gasteiger partial charge in [0.05, 0.1) is 25.2 Å². The average molecular weight is 416 g/mol. The maximum absolute atomic E-state index is 12.9. The van der Waals surface area contributed by atoms with Gasteiger partial charge in [0.25, 0.3) is 0 Å². The van der Waals surface area contributed by atoms with Crippen LogP contribution in [0.25, 0.3) is 5.65 Å². The number of nitrogens with zero attached hydrogens (tertiary/aromatic N) is 4. The number of halogens is 1. The minimum Gasteiger partial charge on any atom is -0.497 e. The lowest BCUT2D eigenvalue weighted by molar-refractivity contribution is -0.120. The predicted octanol–water partition coefficient (Wildman–Crippen LogP) is 3.26. The summed E-state index contributed by atoms with van der Waals surface area (Å²) in [6.07, 6.45) is 3.57. The molecule has 1 aromatic carbocycles. The molecule has 0 spiro atoms. The number of amides is 1. The molecule has 3 aromatic rings. The molecule has 2 aromatic heterocycles. The molecule has 4 rings (SSSR count). The molecule has 0 aliphatic carbocycles. The third kappa shape index (κ3) is 3.93. The molecule has 1 aliphatic rings. The zero-order valence-corrected chi connectivity index (χ0v) is 17.0. The molecule has 29 heavy (non-hydrogen) atoms. The summed E-state index contributed by atoms with van der Waals surface area (Å²) in [6, 6.07) is 8.94. The Morgan fingerprint density at radius 3 is 2.69 bits per heavy atom. The predicted molar refractivity (Wildman–Crippen MR) is 111 cm³/mol. The molecule has 0 bridgehead atoms. The van der Waals surface area contributed by atoms with Crippen LogP contribution in [-0.4, -0.2) is 47.8 Å². The van der Waals surface area contributed by atoms with Crippen LogP contribution in [0.15, 0.2) is 36.5 Å². The number of rotatable bonds is 5. The zero-order chi connectivity index (χ0) is 20.4. The van der Waals surface area contributed by atoms with Crippen molar-refractivity contribution in [2.24, 2.45) is 5.92 Å². The van der Waals surface area contributed by atoms with E-state index in [1.165, 1.54) is 0 Å². The molecule has 8 nitrogen and oxygen atoms in total. The summed E-state index contributed by atoms with van der Waals surface area (Å²) in [6.45, 7) is 1.37. The summed E-state index contributed by atoms with van der Waals surface area (Å²) in [7, 11) is 3.16. The van der Waals surface area contributed by atoms with Crippen LogP contribution in [0.4, 0.5) is 11.6 Å². The molecule has 1 unspecified atom stereocenters. The zero-order valence-electron chi connectivity index (χ0n) is 16.3. The van der Waals surface area contributed by atoms with Crippen LogP contribution < -0.4 is 19.7 Å². The molecule has 0 saturated carbocycles. The van der Waals surface area contributed by atoms with Gasteiger partial charge < -0.3 is 19.7 Å². The third-order valence-corrected chi connectivity index (χ3v) is 5.36. The number of methoxy groups -OCH3 is 2. The highest BCUT2D eigenvalue weighted by Gasteiger charge is 2.28. The molecule has 1 amide bonds. The van der Waals surface area contributed by atoms with Gasteiger partial charge in [-0.2, -0.15) is 0 Å². The number of carbonyl (C=O) groups is 1. The van der Waals surface area contributed by atoms with Crippen molar-refractivity contribution in [2.75, 3.05) is 37.5 Å². The van der Waals surface area contributed by atoms with Crippen LogP contribution in [0.3, 0.4) is 0 Å². The summed E-state index contributed by atoms with van der Waals surface area (Å²) in [5.74, 6) is 1.72. The molecule has 9 heteroatoms. The minimum atomic E-state index is -0.174. The van der Waals surface area contributed by atoms with Crippen LogP contribution in [0, 0.1) is 5.92 Å². The summed E-state index contributed by atoms with van der Waals surface area (Å²) in [5.41, 5.74) is 1.25. The first kappa shape index (κ1) is 19.3. The SMILES string of the molecule is COc1cc(NC(=O)C2CCCN(c3nnc4c(Cl)cccn34)C2)cc(OC)c1. The quantitative estimate of drug-likeness (QED) is 0.688. The molecule has 1 N–H and O–H groups in total. The van der Waals surface area contributed by atoms with Crippen molar-refractivity contribution in [1.29, 1.82) is 0 Å². The number of benzene rings is 1. The Hall–Kier alpha value is -3.00. The van der Waals surface area contributed by atoms with E-state index in [0.717, 1.165) is 19.4 Å². The highest BCUT2D eigenvalue weighted by molar-refractivity contribution is 6.33. The first-order valence-corrected chi connectivity index (χ1v) is 9.75. The monoisotopic (exact) mass is 415 g/mol. The van der Waals surface area contributed by atoms with Crippen LogP contribution in [-0.2, 0) is 4.79 Å². The lowest BCUT2D eigenvalue weighted by atomic mass is 9.97. The van der Waals surface area contributed by atoms with Gasteiger partial charge in [0.1, 0.15) is 11.5 Å². The maximum atomic E-state index is 12.9. The highest BCUT2D eigenvalue weighted by atomic mass is 35.5. The average Bonchev–Trinajstić information content (AvgIpc) is 3.19. The first-order chi connectivity index (χ1) is 14.1. The van der Waals surface area contributed by atoms with E-state index >= 15 is 0 Å². The fourth-order valence-electron chi connectivity index (χ4n) is 3.58. The number of hydrogen-bond donors (Lipinski definition) is 1. The Kier molecular flexibility index (Phi) is 5.44. The van der Waals surface area contributed by atoms with Gasteiger partial charge in [-0.25, -0.2) is 0 Å². The van der Waals surface area contributed by atoms with Crippen molar-refractivity contribution in [3.8, 4) is 11.5 Å². The van der Waals surface area contributed by atoms with Gasteiger partial charge in [-0.3, -0.25) is 9.20 Å². The van der Waals surface area contributed by atoms with Crippen molar-refractivity contribution in [3.05, 3.63) is 41.6 Å². The van der Waals surface area contributed by atoms with Crippen molar-refractivity contribution in [3.63, 3.8) is 0 Å². The molecular formula is C20H22ClN5O3. The van der Waals surface area contributed by atoms with Crippen LogP contribution in [0.1, 0.15) is 12.8 Å². The molecule has 152 valence electrons. The summed E-state index contributed by atoms with van der Waals surface area (Å²) in [4.78, 5) is 15.0. The molecule has 1 saturated heterocycles. The number of carbonyl (C=O) groups excluding carboxylic acids is 1. The van der Waals surface area contributed by atoms with Gasteiger partial charge in [-0.1, -0.05) is 11.6 Å². The summed E-state index contributed by atoms with van der Waals surface area (Å²) >= 11 is 6.20. The lowest BCUT2D eigenvalue weighted by Crippen LogP contribution is -2.41. The van der Waals surface area contributed by atoms with Gasteiger partial charge >= 0.3 is 0 Å². The second kappa shape index (κ2) is 8.16. The number of fused-ring (bicyclic) bond motifs is 1. The first-order valence-electron chi connectivity index (χ1n) is 9.37. The Morgan fingerprint density at radius 1 is 1.21 bits per heavy atom. The number of piperidine rings is 1. The fraction of sp³-hybridized carbons (Fsp3) is 0.350. The van der Waals surface area contributed by atoms with E-state index in [1.54, 1.807) is 38.5 Å². The molecule has 1 fully saturated rings.